The van der Waals surface area contributed by atoms with Crippen molar-refractivity contribution >= 4 is 12.0 Å². The molecule has 102 valence electrons. The van der Waals surface area contributed by atoms with Gasteiger partial charge in [-0.2, -0.15) is 0 Å². The van der Waals surface area contributed by atoms with E-state index in [-0.39, 0.29) is 19.2 Å². The summed E-state index contributed by atoms with van der Waals surface area (Å²) in [6.07, 6.45) is 0.700. The van der Waals surface area contributed by atoms with E-state index in [0.29, 0.717) is 13.1 Å². The van der Waals surface area contributed by atoms with Crippen LogP contribution >= 0.6 is 0 Å². The maximum absolute atomic E-state index is 11.9. The average Bonchev–Trinajstić information content (AvgIpc) is 2.46. The van der Waals surface area contributed by atoms with Crippen LogP contribution in [0.15, 0.2) is 24.4 Å². The molecule has 0 aromatic carbocycles. The molecule has 2 heterocycles. The predicted molar refractivity (Wildman–Crippen MR) is 65.4 cm³/mol. The first-order valence-corrected chi connectivity index (χ1v) is 5.94. The first-order valence-electron chi connectivity index (χ1n) is 5.94. The van der Waals surface area contributed by atoms with E-state index in [2.05, 4.69) is 10.3 Å². The van der Waals surface area contributed by atoms with Gasteiger partial charge in [-0.15, -0.1) is 0 Å². The normalized spacial score (nSPS) is 18.9. The number of nitrogens with one attached hydrogen (secondary N) is 1. The van der Waals surface area contributed by atoms with Gasteiger partial charge in [-0.3, -0.25) is 4.98 Å². The highest BCUT2D eigenvalue weighted by Crippen LogP contribution is 2.05. The largest absolute Gasteiger partial charge is 0.479 e. The van der Waals surface area contributed by atoms with Crippen LogP contribution in [0.5, 0.6) is 0 Å². The minimum atomic E-state index is -1.05. The predicted octanol–water partition coefficient (Wildman–Crippen LogP) is 0.0766. The lowest BCUT2D eigenvalue weighted by Crippen LogP contribution is -2.51. The van der Waals surface area contributed by atoms with Crippen LogP contribution in [0, 0.1) is 0 Å². The van der Waals surface area contributed by atoms with Gasteiger partial charge in [-0.05, 0) is 12.1 Å². The first kappa shape index (κ1) is 13.3. The Balaban J connectivity index is 1.84. The Bertz CT molecular complexity index is 452. The molecule has 19 heavy (non-hydrogen) atoms. The van der Waals surface area contributed by atoms with Crippen molar-refractivity contribution in [3.05, 3.63) is 30.1 Å². The molecule has 1 atom stereocenters. The number of carboxylic acid groups (broad SMARTS) is 1. The third-order valence-corrected chi connectivity index (χ3v) is 2.78. The van der Waals surface area contributed by atoms with E-state index in [1.54, 1.807) is 18.3 Å². The van der Waals surface area contributed by atoms with Gasteiger partial charge in [0.1, 0.15) is 0 Å². The Morgan fingerprint density at radius 2 is 2.37 bits per heavy atom. The maximum atomic E-state index is 11.9. The third kappa shape index (κ3) is 3.65. The highest BCUT2D eigenvalue weighted by molar-refractivity contribution is 5.77. The van der Waals surface area contributed by atoms with E-state index < -0.39 is 12.1 Å². The number of pyridine rings is 1. The van der Waals surface area contributed by atoms with Crippen LogP contribution in [0.3, 0.4) is 0 Å². The molecule has 1 fully saturated rings. The molecule has 2 N–H and O–H groups in total. The van der Waals surface area contributed by atoms with Gasteiger partial charge in [-0.25, -0.2) is 9.59 Å². The minimum Gasteiger partial charge on any atom is -0.479 e. The Morgan fingerprint density at radius 3 is 3.05 bits per heavy atom. The molecule has 0 spiro atoms. The van der Waals surface area contributed by atoms with Crippen LogP contribution in [0.25, 0.3) is 0 Å². The molecule has 1 aromatic heterocycles. The smallest absolute Gasteiger partial charge is 0.334 e. The lowest BCUT2D eigenvalue weighted by atomic mass is 10.3. The van der Waals surface area contributed by atoms with Gasteiger partial charge in [-0.1, -0.05) is 6.07 Å². The topological polar surface area (TPSA) is 91.8 Å². The van der Waals surface area contributed by atoms with Crippen molar-refractivity contribution < 1.29 is 19.4 Å². The number of aliphatic carboxylic acids is 1. The second-order valence-corrected chi connectivity index (χ2v) is 4.12. The van der Waals surface area contributed by atoms with E-state index in [4.69, 9.17) is 9.84 Å². The van der Waals surface area contributed by atoms with Gasteiger partial charge in [0.25, 0.3) is 0 Å². The minimum absolute atomic E-state index is 0.0589. The molecular weight excluding hydrogens is 250 g/mol. The number of carboxylic acids is 1. The van der Waals surface area contributed by atoms with Crippen molar-refractivity contribution in [3.63, 3.8) is 0 Å². The first-order chi connectivity index (χ1) is 9.16. The van der Waals surface area contributed by atoms with Crippen LogP contribution in [-0.4, -0.2) is 52.8 Å². The summed E-state index contributed by atoms with van der Waals surface area (Å²) in [6.45, 7) is 0.990. The number of hydrogen-bond acceptors (Lipinski definition) is 4. The quantitative estimate of drug-likeness (QED) is 0.807. The van der Waals surface area contributed by atoms with E-state index in [1.807, 2.05) is 6.07 Å². The van der Waals surface area contributed by atoms with Crippen LogP contribution in [0.2, 0.25) is 0 Å². The third-order valence-electron chi connectivity index (χ3n) is 2.78. The highest BCUT2D eigenvalue weighted by atomic mass is 16.5. The molecule has 0 bridgehead atoms. The summed E-state index contributed by atoms with van der Waals surface area (Å²) in [5.41, 5.74) is 0.749. The fourth-order valence-corrected chi connectivity index (χ4v) is 1.76. The zero-order chi connectivity index (χ0) is 13.7. The molecule has 0 saturated carbocycles. The molecule has 0 aliphatic carbocycles. The number of urea groups is 1. The summed E-state index contributed by atoms with van der Waals surface area (Å²) in [5.74, 6) is -1.05. The van der Waals surface area contributed by atoms with Crippen LogP contribution in [0.4, 0.5) is 4.79 Å². The summed E-state index contributed by atoms with van der Waals surface area (Å²) >= 11 is 0. The Hall–Kier alpha value is -2.15. The Morgan fingerprint density at radius 1 is 1.53 bits per heavy atom. The second-order valence-electron chi connectivity index (χ2n) is 4.12. The average molecular weight is 265 g/mol. The highest BCUT2D eigenvalue weighted by Gasteiger charge is 2.28. The standard InChI is InChI=1S/C12H15N3O4/c16-11(17)10-8-15(5-6-19-10)12(18)14-7-9-3-1-2-4-13-9/h1-4,10H,5-8H2,(H,14,18)(H,16,17). The molecule has 1 aromatic rings. The SMILES string of the molecule is O=C(O)C1CN(C(=O)NCc2ccccn2)CCO1. The number of carbonyl (C=O) groups is 2. The van der Waals surface area contributed by atoms with Gasteiger partial charge in [0.05, 0.1) is 25.4 Å². The molecule has 7 nitrogen and oxygen atoms in total. The number of carbonyl (C=O) groups excluding carboxylic acids is 1. The van der Waals surface area contributed by atoms with Crippen molar-refractivity contribution in [2.75, 3.05) is 19.7 Å². The molecule has 1 unspecified atom stereocenters. The number of rotatable bonds is 3. The molecule has 7 heteroatoms. The summed E-state index contributed by atoms with van der Waals surface area (Å²) in [6, 6.07) is 5.13. The number of hydrogen-bond donors (Lipinski definition) is 2. The van der Waals surface area contributed by atoms with Crippen molar-refractivity contribution in [2.45, 2.75) is 12.6 Å². The lowest BCUT2D eigenvalue weighted by Gasteiger charge is -2.30. The van der Waals surface area contributed by atoms with Gasteiger partial charge >= 0.3 is 12.0 Å². The van der Waals surface area contributed by atoms with Gasteiger partial charge < -0.3 is 20.1 Å². The fraction of sp³-hybridized carbons (Fsp3) is 0.417. The van der Waals surface area contributed by atoms with Crippen molar-refractivity contribution in [3.8, 4) is 0 Å². The summed E-state index contributed by atoms with van der Waals surface area (Å²) in [4.78, 5) is 28.2. The fourth-order valence-electron chi connectivity index (χ4n) is 1.76. The van der Waals surface area contributed by atoms with Crippen molar-refractivity contribution in [1.29, 1.82) is 0 Å². The Kier molecular flexibility index (Phi) is 4.30. The number of nitrogens with zero attached hydrogens (tertiary/aromatic N) is 2. The van der Waals surface area contributed by atoms with E-state index in [0.717, 1.165) is 5.69 Å². The zero-order valence-corrected chi connectivity index (χ0v) is 10.3. The number of aromatic nitrogens is 1. The summed E-state index contributed by atoms with van der Waals surface area (Å²) < 4.78 is 5.05. The number of amides is 2. The molecule has 0 radical (unpaired) electrons. The molecule has 2 rings (SSSR count). The zero-order valence-electron chi connectivity index (χ0n) is 10.3. The molecular formula is C12H15N3O4. The number of ether oxygens (including phenoxy) is 1. The summed E-state index contributed by atoms with van der Waals surface area (Å²) in [7, 11) is 0. The molecule has 1 aliphatic rings. The van der Waals surface area contributed by atoms with Crippen LogP contribution < -0.4 is 5.32 Å². The summed E-state index contributed by atoms with van der Waals surface area (Å²) in [5, 5.41) is 11.6. The van der Waals surface area contributed by atoms with E-state index in [9.17, 15) is 9.59 Å². The van der Waals surface area contributed by atoms with Gasteiger partial charge in [0.15, 0.2) is 6.10 Å². The molecule has 1 aliphatic heterocycles. The van der Waals surface area contributed by atoms with Gasteiger partial charge in [0.2, 0.25) is 0 Å². The second kappa shape index (κ2) is 6.14. The monoisotopic (exact) mass is 265 g/mol. The molecule has 1 saturated heterocycles. The van der Waals surface area contributed by atoms with Crippen molar-refractivity contribution in [1.82, 2.24) is 15.2 Å². The lowest BCUT2D eigenvalue weighted by molar-refractivity contribution is -0.154. The van der Waals surface area contributed by atoms with Crippen LogP contribution in [0.1, 0.15) is 5.69 Å². The van der Waals surface area contributed by atoms with Gasteiger partial charge in [0, 0.05) is 12.7 Å². The Labute approximate surface area is 110 Å². The number of morpholine rings is 1. The van der Waals surface area contributed by atoms with E-state index >= 15 is 0 Å². The van der Waals surface area contributed by atoms with E-state index in [1.165, 1.54) is 4.90 Å². The molecule has 2 amide bonds. The maximum Gasteiger partial charge on any atom is 0.334 e. The van der Waals surface area contributed by atoms with Crippen LogP contribution in [-0.2, 0) is 16.1 Å². The van der Waals surface area contributed by atoms with Crippen molar-refractivity contribution in [2.24, 2.45) is 0 Å².